The molecular weight excluding hydrogens is 455 g/mol. The monoisotopic (exact) mass is 494 g/mol. The molecule has 0 radical (unpaired) electrons. The maximum atomic E-state index is 11.7. The molecule has 0 aromatic rings. The van der Waals surface area contributed by atoms with Gasteiger partial charge in [0.2, 0.25) is 10.5 Å². The van der Waals surface area contributed by atoms with Crippen LogP contribution in [0.3, 0.4) is 0 Å². The van der Waals surface area contributed by atoms with Gasteiger partial charge in [0.05, 0.1) is 13.2 Å². The zero-order chi connectivity index (χ0) is 23.9. The number of carbonyl (C=O) groups excluding carboxylic acids is 4. The van der Waals surface area contributed by atoms with Crippen LogP contribution >= 0.6 is 23.2 Å². The fraction of sp³-hybridized carbons (Fsp3) is 0.833. The fourth-order valence-electron chi connectivity index (χ4n) is 3.20. The van der Waals surface area contributed by atoms with E-state index in [4.69, 9.17) is 32.7 Å². The van der Waals surface area contributed by atoms with E-state index in [1.165, 1.54) is 0 Å². The van der Waals surface area contributed by atoms with Gasteiger partial charge in [0.1, 0.15) is 0 Å². The molecule has 0 amide bonds. The maximum Gasteiger partial charge on any atom is 0.305 e. The summed E-state index contributed by atoms with van der Waals surface area (Å²) in [6.07, 6.45) is 14.4. The van der Waals surface area contributed by atoms with Crippen LogP contribution in [-0.4, -0.2) is 35.6 Å². The molecule has 0 saturated carbocycles. The van der Waals surface area contributed by atoms with Crippen LogP contribution < -0.4 is 0 Å². The molecule has 0 heterocycles. The highest BCUT2D eigenvalue weighted by molar-refractivity contribution is 6.63. The minimum absolute atomic E-state index is 0.214. The molecule has 0 bridgehead atoms. The molecule has 0 unspecified atom stereocenters. The highest BCUT2D eigenvalue weighted by Crippen LogP contribution is 2.10. The van der Waals surface area contributed by atoms with E-state index in [-0.39, 0.29) is 22.4 Å². The Balaban J connectivity index is 3.33. The van der Waals surface area contributed by atoms with Crippen LogP contribution in [0.2, 0.25) is 0 Å². The zero-order valence-electron chi connectivity index (χ0n) is 19.3. The van der Waals surface area contributed by atoms with E-state index in [0.29, 0.717) is 51.7 Å². The summed E-state index contributed by atoms with van der Waals surface area (Å²) in [6.45, 7) is 0.873. The molecule has 0 atom stereocenters. The average Bonchev–Trinajstić information content (AvgIpc) is 2.74. The fourth-order valence-corrected chi connectivity index (χ4v) is 3.47. The molecule has 0 N–H and O–H groups in total. The van der Waals surface area contributed by atoms with Crippen molar-refractivity contribution >= 4 is 45.6 Å². The van der Waals surface area contributed by atoms with Crippen LogP contribution in [-0.2, 0) is 28.7 Å². The molecule has 0 aromatic carbocycles. The second-order valence-corrected chi connectivity index (χ2v) is 8.94. The predicted molar refractivity (Wildman–Crippen MR) is 127 cm³/mol. The lowest BCUT2D eigenvalue weighted by Gasteiger charge is -2.06. The van der Waals surface area contributed by atoms with E-state index in [0.717, 1.165) is 77.0 Å². The lowest BCUT2D eigenvalue weighted by atomic mass is 10.1. The summed E-state index contributed by atoms with van der Waals surface area (Å²) in [4.78, 5) is 44.6. The van der Waals surface area contributed by atoms with Crippen LogP contribution in [0.4, 0.5) is 0 Å². The first-order chi connectivity index (χ1) is 15.4. The zero-order valence-corrected chi connectivity index (χ0v) is 20.9. The van der Waals surface area contributed by atoms with Crippen molar-refractivity contribution in [2.24, 2.45) is 0 Å². The normalized spacial score (nSPS) is 10.7. The highest BCUT2D eigenvalue weighted by atomic mass is 35.5. The molecule has 32 heavy (non-hydrogen) atoms. The molecular formula is C24H40Cl2O6. The Hall–Kier alpha value is -1.14. The van der Waals surface area contributed by atoms with Gasteiger partial charge in [0.15, 0.2) is 0 Å². The Morgan fingerprint density at radius 1 is 0.406 bits per heavy atom. The van der Waals surface area contributed by atoms with Crippen molar-refractivity contribution in [3.8, 4) is 0 Å². The molecule has 8 heteroatoms. The van der Waals surface area contributed by atoms with Crippen molar-refractivity contribution in [2.75, 3.05) is 13.2 Å². The standard InChI is InChI=1S/C24H40Cl2O6/c25-21(27)15-9-5-1-3-7-13-19-31-23(29)17-11-12-18-24(30)32-20-14-8-4-2-6-10-16-22(26)28/h1-20H2. The first-order valence-electron chi connectivity index (χ1n) is 12.1. The summed E-state index contributed by atoms with van der Waals surface area (Å²) in [7, 11) is 0. The molecule has 0 aliphatic rings. The van der Waals surface area contributed by atoms with E-state index in [1.54, 1.807) is 0 Å². The van der Waals surface area contributed by atoms with Crippen molar-refractivity contribution in [3.63, 3.8) is 0 Å². The van der Waals surface area contributed by atoms with Gasteiger partial charge in [0.25, 0.3) is 0 Å². The van der Waals surface area contributed by atoms with Gasteiger partial charge >= 0.3 is 11.9 Å². The number of rotatable bonds is 23. The van der Waals surface area contributed by atoms with E-state index in [2.05, 4.69) is 0 Å². The third-order valence-corrected chi connectivity index (χ3v) is 5.45. The molecule has 186 valence electrons. The number of hydrogen-bond donors (Lipinski definition) is 0. The first-order valence-corrected chi connectivity index (χ1v) is 12.9. The van der Waals surface area contributed by atoms with E-state index in [1.807, 2.05) is 0 Å². The van der Waals surface area contributed by atoms with Crippen LogP contribution in [0.15, 0.2) is 0 Å². The summed E-state index contributed by atoms with van der Waals surface area (Å²) in [5, 5.41) is -0.544. The van der Waals surface area contributed by atoms with Crippen molar-refractivity contribution in [1.82, 2.24) is 0 Å². The van der Waals surface area contributed by atoms with Crippen molar-refractivity contribution in [1.29, 1.82) is 0 Å². The molecule has 0 rings (SSSR count). The molecule has 0 aromatic heterocycles. The molecule has 6 nitrogen and oxygen atoms in total. The third kappa shape index (κ3) is 25.1. The van der Waals surface area contributed by atoms with Crippen molar-refractivity contribution in [3.05, 3.63) is 0 Å². The molecule has 0 aliphatic heterocycles. The van der Waals surface area contributed by atoms with Gasteiger partial charge in [-0.3, -0.25) is 19.2 Å². The predicted octanol–water partition coefficient (Wildman–Crippen LogP) is 6.63. The van der Waals surface area contributed by atoms with E-state index >= 15 is 0 Å². The minimum Gasteiger partial charge on any atom is -0.466 e. The van der Waals surface area contributed by atoms with Crippen LogP contribution in [0, 0.1) is 0 Å². The lowest BCUT2D eigenvalue weighted by molar-refractivity contribution is -0.146. The lowest BCUT2D eigenvalue weighted by Crippen LogP contribution is -2.08. The van der Waals surface area contributed by atoms with Crippen LogP contribution in [0.5, 0.6) is 0 Å². The van der Waals surface area contributed by atoms with Gasteiger partial charge in [-0.05, 0) is 61.7 Å². The Kier molecular flexibility index (Phi) is 22.2. The second kappa shape index (κ2) is 23.0. The average molecular weight is 495 g/mol. The van der Waals surface area contributed by atoms with Crippen LogP contribution in [0.25, 0.3) is 0 Å². The largest absolute Gasteiger partial charge is 0.466 e. The number of esters is 2. The van der Waals surface area contributed by atoms with E-state index in [9.17, 15) is 19.2 Å². The second-order valence-electron chi connectivity index (χ2n) is 8.10. The maximum absolute atomic E-state index is 11.7. The Morgan fingerprint density at radius 3 is 1.03 bits per heavy atom. The summed E-state index contributed by atoms with van der Waals surface area (Å²) in [5.74, 6) is -0.427. The smallest absolute Gasteiger partial charge is 0.305 e. The number of halogens is 2. The highest BCUT2D eigenvalue weighted by Gasteiger charge is 2.06. The number of ether oxygens (including phenoxy) is 2. The van der Waals surface area contributed by atoms with Gasteiger partial charge < -0.3 is 9.47 Å². The van der Waals surface area contributed by atoms with Crippen molar-refractivity contribution < 1.29 is 28.7 Å². The van der Waals surface area contributed by atoms with Gasteiger partial charge in [-0.25, -0.2) is 0 Å². The Bertz CT molecular complexity index is 479. The first kappa shape index (κ1) is 30.9. The van der Waals surface area contributed by atoms with Crippen LogP contribution in [0.1, 0.15) is 116 Å². The van der Waals surface area contributed by atoms with Gasteiger partial charge in [-0.15, -0.1) is 0 Å². The van der Waals surface area contributed by atoms with E-state index < -0.39 is 0 Å². The number of carbonyl (C=O) groups is 4. The molecule has 0 saturated heterocycles. The summed E-state index contributed by atoms with van der Waals surface area (Å²) >= 11 is 10.6. The quantitative estimate of drug-likeness (QED) is 0.0899. The van der Waals surface area contributed by atoms with Crippen molar-refractivity contribution in [2.45, 2.75) is 116 Å². The van der Waals surface area contributed by atoms with Gasteiger partial charge in [0, 0.05) is 25.7 Å². The summed E-state index contributed by atoms with van der Waals surface area (Å²) < 4.78 is 10.4. The number of hydrogen-bond acceptors (Lipinski definition) is 6. The molecule has 0 fully saturated rings. The van der Waals surface area contributed by atoms with Gasteiger partial charge in [-0.2, -0.15) is 0 Å². The Labute approximate surface area is 203 Å². The number of unbranched alkanes of at least 4 members (excludes halogenated alkanes) is 11. The third-order valence-electron chi connectivity index (χ3n) is 5.07. The topological polar surface area (TPSA) is 86.7 Å². The molecule has 0 aliphatic carbocycles. The molecule has 0 spiro atoms. The minimum atomic E-state index is -0.272. The SMILES string of the molecule is O=C(Cl)CCCCCCCCOC(=O)CCCCC(=O)OCCCCCCCCC(=O)Cl. The summed E-state index contributed by atoms with van der Waals surface area (Å²) in [5.41, 5.74) is 0. The summed E-state index contributed by atoms with van der Waals surface area (Å²) in [6, 6.07) is 0. The Morgan fingerprint density at radius 2 is 0.688 bits per heavy atom. The van der Waals surface area contributed by atoms with Gasteiger partial charge in [-0.1, -0.05) is 51.4 Å².